The normalized spacial score (nSPS) is 9.31. The lowest BCUT2D eigenvalue weighted by molar-refractivity contribution is 0.252. The third-order valence-corrected chi connectivity index (χ3v) is 1.49. The van der Waals surface area contributed by atoms with Crippen LogP contribution in [0.1, 0.15) is 0 Å². The van der Waals surface area contributed by atoms with Crippen molar-refractivity contribution in [3.05, 3.63) is 24.5 Å². The zero-order valence-corrected chi connectivity index (χ0v) is 7.71. The van der Waals surface area contributed by atoms with Crippen LogP contribution < -0.4 is 10.6 Å². The van der Waals surface area contributed by atoms with Gasteiger partial charge in [-0.25, -0.2) is 4.79 Å². The molecule has 1 aromatic rings. The summed E-state index contributed by atoms with van der Waals surface area (Å²) in [6, 6.07) is 3.23. The maximum atomic E-state index is 11.1. The lowest BCUT2D eigenvalue weighted by Gasteiger charge is -2.04. The third kappa shape index (κ3) is 3.75. The van der Waals surface area contributed by atoms with Crippen LogP contribution in [0, 0.1) is 0 Å². The quantitative estimate of drug-likeness (QED) is 0.724. The van der Waals surface area contributed by atoms with Crippen LogP contribution in [0.3, 0.4) is 0 Å². The first-order valence-electron chi connectivity index (χ1n) is 3.84. The molecule has 1 heterocycles. The summed E-state index contributed by atoms with van der Waals surface area (Å²) in [5.74, 6) is 0.403. The standard InChI is InChI=1S/C8H10ClN3O/c9-3-5-11-8(13)12-7-2-1-4-10-6-7/h1-2,4,6H,3,5H2,(H2,11,12,13). The van der Waals surface area contributed by atoms with E-state index >= 15 is 0 Å². The maximum absolute atomic E-state index is 11.1. The van der Waals surface area contributed by atoms with E-state index in [0.717, 1.165) is 0 Å². The second-order valence-corrected chi connectivity index (χ2v) is 2.69. The largest absolute Gasteiger partial charge is 0.337 e. The van der Waals surface area contributed by atoms with Gasteiger partial charge >= 0.3 is 6.03 Å². The molecule has 0 radical (unpaired) electrons. The Hall–Kier alpha value is -1.29. The number of hydrogen-bond acceptors (Lipinski definition) is 2. The van der Waals surface area contributed by atoms with Gasteiger partial charge in [-0.3, -0.25) is 4.98 Å². The molecular formula is C8H10ClN3O. The first-order valence-corrected chi connectivity index (χ1v) is 4.37. The summed E-state index contributed by atoms with van der Waals surface area (Å²) in [6.07, 6.45) is 3.21. The molecule has 0 spiro atoms. The molecule has 13 heavy (non-hydrogen) atoms. The maximum Gasteiger partial charge on any atom is 0.319 e. The number of carbonyl (C=O) groups excluding carboxylic acids is 1. The average molecular weight is 200 g/mol. The molecule has 1 aromatic heterocycles. The van der Waals surface area contributed by atoms with Gasteiger partial charge in [0.05, 0.1) is 11.9 Å². The molecule has 0 aliphatic heterocycles. The predicted octanol–water partition coefficient (Wildman–Crippen LogP) is 1.44. The molecule has 0 fully saturated rings. The van der Waals surface area contributed by atoms with Crippen molar-refractivity contribution in [3.63, 3.8) is 0 Å². The van der Waals surface area contributed by atoms with Crippen molar-refractivity contribution in [1.82, 2.24) is 10.3 Å². The van der Waals surface area contributed by atoms with Crippen molar-refractivity contribution in [2.45, 2.75) is 0 Å². The first-order chi connectivity index (χ1) is 6.33. The molecule has 0 aromatic carbocycles. The molecule has 5 heteroatoms. The highest BCUT2D eigenvalue weighted by Crippen LogP contribution is 2.01. The highest BCUT2D eigenvalue weighted by Gasteiger charge is 1.98. The highest BCUT2D eigenvalue weighted by molar-refractivity contribution is 6.18. The summed E-state index contributed by atoms with van der Waals surface area (Å²) in [5.41, 5.74) is 0.662. The Balaban J connectivity index is 2.37. The van der Waals surface area contributed by atoms with E-state index in [4.69, 9.17) is 11.6 Å². The van der Waals surface area contributed by atoms with E-state index in [1.54, 1.807) is 24.5 Å². The summed E-state index contributed by atoms with van der Waals surface area (Å²) in [4.78, 5) is 14.9. The fraction of sp³-hybridized carbons (Fsp3) is 0.250. The number of carbonyl (C=O) groups is 1. The summed E-state index contributed by atoms with van der Waals surface area (Å²) in [7, 11) is 0. The van der Waals surface area contributed by atoms with Crippen molar-refractivity contribution < 1.29 is 4.79 Å². The van der Waals surface area contributed by atoms with Crippen molar-refractivity contribution in [2.75, 3.05) is 17.7 Å². The van der Waals surface area contributed by atoms with Crippen LogP contribution in [-0.4, -0.2) is 23.4 Å². The third-order valence-electron chi connectivity index (χ3n) is 1.30. The van der Waals surface area contributed by atoms with Crippen molar-refractivity contribution in [2.24, 2.45) is 0 Å². The number of nitrogens with zero attached hydrogens (tertiary/aromatic N) is 1. The topological polar surface area (TPSA) is 54.0 Å². The second-order valence-electron chi connectivity index (χ2n) is 2.31. The molecule has 0 saturated heterocycles. The molecule has 0 saturated carbocycles. The number of alkyl halides is 1. The minimum atomic E-state index is -0.270. The van der Waals surface area contributed by atoms with Crippen LogP contribution in [-0.2, 0) is 0 Å². The van der Waals surface area contributed by atoms with Gasteiger partial charge in [0.15, 0.2) is 0 Å². The highest BCUT2D eigenvalue weighted by atomic mass is 35.5. The summed E-state index contributed by atoms with van der Waals surface area (Å²) >= 11 is 5.39. The average Bonchev–Trinajstić information content (AvgIpc) is 2.16. The van der Waals surface area contributed by atoms with E-state index in [9.17, 15) is 4.79 Å². The monoisotopic (exact) mass is 199 g/mol. The number of anilines is 1. The Morgan fingerprint density at radius 3 is 3.08 bits per heavy atom. The predicted molar refractivity (Wildman–Crippen MR) is 52.0 cm³/mol. The van der Waals surface area contributed by atoms with Gasteiger partial charge in [0.25, 0.3) is 0 Å². The molecule has 0 aliphatic rings. The SMILES string of the molecule is O=C(NCCCl)Nc1cccnc1. The zero-order valence-electron chi connectivity index (χ0n) is 6.96. The van der Waals surface area contributed by atoms with E-state index in [1.807, 2.05) is 0 Å². The molecular weight excluding hydrogens is 190 g/mol. The summed E-state index contributed by atoms with van der Waals surface area (Å²) in [6.45, 7) is 0.452. The minimum Gasteiger partial charge on any atom is -0.337 e. The van der Waals surface area contributed by atoms with Crippen LogP contribution in [0.15, 0.2) is 24.5 Å². The van der Waals surface area contributed by atoms with E-state index < -0.39 is 0 Å². The van der Waals surface area contributed by atoms with Gasteiger partial charge in [-0.2, -0.15) is 0 Å². The van der Waals surface area contributed by atoms with Crippen LogP contribution in [0.5, 0.6) is 0 Å². The molecule has 0 bridgehead atoms. The number of amides is 2. The lowest BCUT2D eigenvalue weighted by atomic mass is 10.4. The van der Waals surface area contributed by atoms with Gasteiger partial charge in [-0.05, 0) is 12.1 Å². The Kier molecular flexibility index (Phi) is 4.05. The molecule has 0 aliphatic carbocycles. The molecule has 0 atom stereocenters. The Bertz CT molecular complexity index is 265. The Labute approximate surface area is 81.3 Å². The molecule has 2 N–H and O–H groups in total. The molecule has 2 amide bonds. The fourth-order valence-electron chi connectivity index (χ4n) is 0.773. The van der Waals surface area contributed by atoms with Gasteiger partial charge in [0.1, 0.15) is 0 Å². The molecule has 70 valence electrons. The number of pyridine rings is 1. The van der Waals surface area contributed by atoms with Crippen molar-refractivity contribution in [1.29, 1.82) is 0 Å². The Morgan fingerprint density at radius 1 is 1.62 bits per heavy atom. The number of halogens is 1. The van der Waals surface area contributed by atoms with E-state index in [0.29, 0.717) is 18.1 Å². The first kappa shape index (κ1) is 9.80. The Morgan fingerprint density at radius 2 is 2.46 bits per heavy atom. The van der Waals surface area contributed by atoms with Crippen LogP contribution in [0.2, 0.25) is 0 Å². The number of urea groups is 1. The van der Waals surface area contributed by atoms with Crippen molar-refractivity contribution in [3.8, 4) is 0 Å². The van der Waals surface area contributed by atoms with Crippen molar-refractivity contribution >= 4 is 23.3 Å². The van der Waals surface area contributed by atoms with Gasteiger partial charge in [-0.1, -0.05) is 0 Å². The van der Waals surface area contributed by atoms with Crippen LogP contribution in [0.4, 0.5) is 10.5 Å². The minimum absolute atomic E-state index is 0.270. The van der Waals surface area contributed by atoms with Gasteiger partial charge in [-0.15, -0.1) is 11.6 Å². The second kappa shape index (κ2) is 5.37. The smallest absolute Gasteiger partial charge is 0.319 e. The van der Waals surface area contributed by atoms with Gasteiger partial charge in [0, 0.05) is 18.6 Å². The van der Waals surface area contributed by atoms with E-state index in [2.05, 4.69) is 15.6 Å². The molecule has 4 nitrogen and oxygen atoms in total. The van der Waals surface area contributed by atoms with Crippen LogP contribution >= 0.6 is 11.6 Å². The number of hydrogen-bond donors (Lipinski definition) is 2. The van der Waals surface area contributed by atoms with Gasteiger partial charge in [0.2, 0.25) is 0 Å². The molecule has 1 rings (SSSR count). The number of nitrogens with one attached hydrogen (secondary N) is 2. The van der Waals surface area contributed by atoms with Crippen LogP contribution in [0.25, 0.3) is 0 Å². The number of rotatable bonds is 3. The van der Waals surface area contributed by atoms with E-state index in [-0.39, 0.29) is 6.03 Å². The van der Waals surface area contributed by atoms with Gasteiger partial charge < -0.3 is 10.6 Å². The molecule has 0 unspecified atom stereocenters. The number of aromatic nitrogens is 1. The summed E-state index contributed by atoms with van der Waals surface area (Å²) < 4.78 is 0. The zero-order chi connectivity index (χ0) is 9.52. The fourth-order valence-corrected chi connectivity index (χ4v) is 0.867. The summed E-state index contributed by atoms with van der Waals surface area (Å²) in [5, 5.41) is 5.18. The lowest BCUT2D eigenvalue weighted by Crippen LogP contribution is -2.30. The van der Waals surface area contributed by atoms with E-state index in [1.165, 1.54) is 0 Å².